The third-order valence-electron chi connectivity index (χ3n) is 7.66. The van der Waals surface area contributed by atoms with E-state index in [0.29, 0.717) is 24.1 Å². The minimum Gasteiger partial charge on any atom is -0.497 e. The number of hydrogen-bond donors (Lipinski definition) is 3. The second-order valence-corrected chi connectivity index (χ2v) is 10.5. The monoisotopic (exact) mass is 544 g/mol. The first-order chi connectivity index (χ1) is 19.5. The van der Waals surface area contributed by atoms with Gasteiger partial charge in [-0.05, 0) is 68.4 Å². The van der Waals surface area contributed by atoms with Gasteiger partial charge in [0.2, 0.25) is 0 Å². The summed E-state index contributed by atoms with van der Waals surface area (Å²) >= 11 is 0. The first-order valence-electron chi connectivity index (χ1n) is 13.7. The molecule has 2 aliphatic carbocycles. The van der Waals surface area contributed by atoms with E-state index in [1.807, 2.05) is 18.2 Å². The van der Waals surface area contributed by atoms with Gasteiger partial charge >= 0.3 is 0 Å². The zero-order valence-electron chi connectivity index (χ0n) is 22.4. The van der Waals surface area contributed by atoms with Gasteiger partial charge in [0, 0.05) is 30.9 Å². The highest BCUT2D eigenvalue weighted by Gasteiger charge is 2.33. The first-order valence-corrected chi connectivity index (χ1v) is 13.7. The number of fused-ring (bicyclic) bond motifs is 1. The Bertz CT molecular complexity index is 1500. The number of nitrogens with one attached hydrogen (secondary N) is 2. The molecule has 2 fully saturated rings. The third-order valence-corrected chi connectivity index (χ3v) is 7.66. The number of methoxy groups -OCH3 is 1. The van der Waals surface area contributed by atoms with Crippen molar-refractivity contribution in [3.8, 4) is 5.75 Å². The fourth-order valence-corrected chi connectivity index (χ4v) is 5.30. The fourth-order valence-electron chi connectivity index (χ4n) is 5.30. The maximum absolute atomic E-state index is 14.4. The largest absolute Gasteiger partial charge is 0.497 e. The van der Waals surface area contributed by atoms with Crippen LogP contribution in [0.3, 0.4) is 0 Å². The van der Waals surface area contributed by atoms with Crippen LogP contribution in [0.15, 0.2) is 55.0 Å². The van der Waals surface area contributed by atoms with Crippen molar-refractivity contribution >= 4 is 28.7 Å². The van der Waals surface area contributed by atoms with E-state index < -0.39 is 11.7 Å². The van der Waals surface area contributed by atoms with E-state index in [-0.39, 0.29) is 23.5 Å². The van der Waals surface area contributed by atoms with E-state index in [1.54, 1.807) is 17.8 Å². The average molecular weight is 545 g/mol. The first kappa shape index (κ1) is 26.0. The second-order valence-electron chi connectivity index (χ2n) is 10.5. The molecule has 1 amide bonds. The molecule has 0 aliphatic heterocycles. The number of halogens is 1. The molecule has 2 saturated carbocycles. The molecule has 3 aromatic heterocycles. The maximum Gasteiger partial charge on any atom is 0.278 e. The lowest BCUT2D eigenvalue weighted by molar-refractivity contribution is 0.102. The summed E-state index contributed by atoms with van der Waals surface area (Å²) in [5.41, 5.74) is 8.98. The van der Waals surface area contributed by atoms with Crippen LogP contribution in [-0.4, -0.2) is 50.7 Å². The van der Waals surface area contributed by atoms with Crippen molar-refractivity contribution in [3.63, 3.8) is 0 Å². The van der Waals surface area contributed by atoms with E-state index in [0.717, 1.165) is 61.7 Å². The molecule has 0 bridgehead atoms. The van der Waals surface area contributed by atoms with Gasteiger partial charge < -0.3 is 26.0 Å². The maximum atomic E-state index is 14.4. The van der Waals surface area contributed by atoms with E-state index in [4.69, 9.17) is 15.5 Å². The Balaban J connectivity index is 1.39. The molecule has 2 aliphatic rings. The van der Waals surface area contributed by atoms with Gasteiger partial charge in [0.05, 0.1) is 30.9 Å². The Morgan fingerprint density at radius 2 is 1.88 bits per heavy atom. The van der Waals surface area contributed by atoms with Crippen molar-refractivity contribution in [1.29, 1.82) is 0 Å². The number of imidazole rings is 1. The highest BCUT2D eigenvalue weighted by molar-refractivity contribution is 6.07. The number of carbonyl (C=O) groups is 1. The van der Waals surface area contributed by atoms with Crippen LogP contribution in [0.25, 0.3) is 5.65 Å². The van der Waals surface area contributed by atoms with Crippen molar-refractivity contribution in [2.45, 2.75) is 63.2 Å². The van der Waals surface area contributed by atoms with Crippen LogP contribution >= 0.6 is 0 Å². The van der Waals surface area contributed by atoms with E-state index in [1.165, 1.54) is 12.3 Å². The third kappa shape index (κ3) is 5.42. The number of anilines is 3. The Kier molecular flexibility index (Phi) is 7.21. The summed E-state index contributed by atoms with van der Waals surface area (Å²) in [7, 11) is 1.65. The lowest BCUT2D eigenvalue weighted by atomic mass is 9.92. The highest BCUT2D eigenvalue weighted by Crippen LogP contribution is 2.36. The van der Waals surface area contributed by atoms with Crippen LogP contribution in [0.5, 0.6) is 5.75 Å². The Morgan fingerprint density at radius 1 is 1.10 bits per heavy atom. The van der Waals surface area contributed by atoms with Crippen LogP contribution in [-0.2, 0) is 6.54 Å². The summed E-state index contributed by atoms with van der Waals surface area (Å²) in [6.07, 6.45) is 9.88. The number of amides is 1. The predicted molar refractivity (Wildman–Crippen MR) is 151 cm³/mol. The number of benzene rings is 1. The van der Waals surface area contributed by atoms with Crippen molar-refractivity contribution in [3.05, 3.63) is 72.1 Å². The molecule has 6 rings (SSSR count). The molecule has 0 unspecified atom stereocenters. The topological polar surface area (TPSA) is 123 Å². The number of nitrogens with zero attached hydrogens (tertiary/aromatic N) is 5. The van der Waals surface area contributed by atoms with E-state index in [2.05, 4.69) is 37.7 Å². The minimum absolute atomic E-state index is 0.0415. The molecule has 0 radical (unpaired) electrons. The number of aromatic nitrogens is 4. The molecular weight excluding hydrogens is 511 g/mol. The summed E-state index contributed by atoms with van der Waals surface area (Å²) in [4.78, 5) is 24.7. The molecule has 4 N–H and O–H groups in total. The minimum atomic E-state index is -0.617. The van der Waals surface area contributed by atoms with E-state index in [9.17, 15) is 9.18 Å². The number of carbonyl (C=O) groups excluding carboxylic acids is 1. The summed E-state index contributed by atoms with van der Waals surface area (Å²) < 4.78 is 21.3. The van der Waals surface area contributed by atoms with Gasteiger partial charge in [-0.1, -0.05) is 12.1 Å². The highest BCUT2D eigenvalue weighted by atomic mass is 19.1. The molecule has 3 heterocycles. The van der Waals surface area contributed by atoms with Crippen LogP contribution in [0.4, 0.5) is 21.6 Å². The van der Waals surface area contributed by atoms with Crippen molar-refractivity contribution in [1.82, 2.24) is 19.6 Å². The molecule has 0 spiro atoms. The Labute approximate surface area is 231 Å². The van der Waals surface area contributed by atoms with Gasteiger partial charge in [-0.15, -0.1) is 0 Å². The smallest absolute Gasteiger partial charge is 0.278 e. The number of pyridine rings is 1. The molecular formula is C29H33FN8O2. The zero-order valence-corrected chi connectivity index (χ0v) is 22.4. The van der Waals surface area contributed by atoms with Gasteiger partial charge in [-0.25, -0.2) is 13.9 Å². The number of hydrogen-bond acceptors (Lipinski definition) is 8. The van der Waals surface area contributed by atoms with Gasteiger partial charge in [-0.3, -0.25) is 9.78 Å². The molecule has 11 heteroatoms. The second kappa shape index (κ2) is 11.1. The van der Waals surface area contributed by atoms with Crippen LogP contribution in [0.1, 0.15) is 54.6 Å². The average Bonchev–Trinajstić information content (AvgIpc) is 3.74. The van der Waals surface area contributed by atoms with Crippen molar-refractivity contribution in [2.75, 3.05) is 22.6 Å². The molecule has 0 saturated heterocycles. The Hall–Kier alpha value is -4.25. The number of nitrogens with two attached hydrogens (primary N) is 1. The Morgan fingerprint density at radius 3 is 2.58 bits per heavy atom. The molecule has 10 nitrogen and oxygen atoms in total. The van der Waals surface area contributed by atoms with E-state index >= 15 is 0 Å². The molecule has 40 heavy (non-hydrogen) atoms. The zero-order chi connectivity index (χ0) is 27.6. The lowest BCUT2D eigenvalue weighted by Crippen LogP contribution is -2.33. The quantitative estimate of drug-likeness (QED) is 0.284. The van der Waals surface area contributed by atoms with Gasteiger partial charge in [0.1, 0.15) is 5.75 Å². The molecule has 4 aromatic rings. The molecule has 208 valence electrons. The summed E-state index contributed by atoms with van der Waals surface area (Å²) in [6.45, 7) is 0.675. The molecule has 1 aromatic carbocycles. The van der Waals surface area contributed by atoms with Crippen molar-refractivity contribution in [2.24, 2.45) is 5.73 Å². The summed E-state index contributed by atoms with van der Waals surface area (Å²) in [6, 6.07) is 12.1. The summed E-state index contributed by atoms with van der Waals surface area (Å²) in [5, 5.41) is 10.7. The molecule has 0 atom stereocenters. The number of rotatable bonds is 9. The van der Waals surface area contributed by atoms with Crippen LogP contribution in [0, 0.1) is 5.82 Å². The predicted octanol–water partition coefficient (Wildman–Crippen LogP) is 4.38. The van der Waals surface area contributed by atoms with Gasteiger partial charge in [0.15, 0.2) is 23.0 Å². The number of ether oxygens (including phenoxy) is 1. The lowest BCUT2D eigenvalue weighted by Gasteiger charge is -2.27. The van der Waals surface area contributed by atoms with Crippen LogP contribution < -0.4 is 26.0 Å². The fraction of sp³-hybridized carbons (Fsp3) is 0.379. The van der Waals surface area contributed by atoms with Gasteiger partial charge in [-0.2, -0.15) is 5.10 Å². The van der Waals surface area contributed by atoms with Crippen LogP contribution in [0.2, 0.25) is 0 Å². The standard InChI is InChI=1S/C29H33FN8O2/c1-40-22-10-2-18(3-11-22)17-37(21-8-9-21)25-13-15-33-38-26(29(39)35-24-12-14-32-16-23(24)30)27(36-28(25)38)34-20-6-4-19(31)5-7-20/h2-3,10-16,19-21,34H,4-9,17,31H2,1H3,(H,32,35,39)/t19-,20-. The summed E-state index contributed by atoms with van der Waals surface area (Å²) in [5.74, 6) is 0.105. The van der Waals surface area contributed by atoms with Crippen molar-refractivity contribution < 1.29 is 13.9 Å². The normalized spacial score (nSPS) is 18.9. The SMILES string of the molecule is COc1ccc(CN(c2ccnn3c(C(=O)Nc4ccncc4F)c(N[C@H]4CC[C@H](N)CC4)nc23)C2CC2)cc1. The van der Waals surface area contributed by atoms with Gasteiger partial charge in [0.25, 0.3) is 5.91 Å².